The number of hydrogen-bond donors (Lipinski definition) is 0. The van der Waals surface area contributed by atoms with Crippen molar-refractivity contribution in [2.24, 2.45) is 0 Å². The molecule has 0 unspecified atom stereocenters. The van der Waals surface area contributed by atoms with Gasteiger partial charge < -0.3 is 9.47 Å². The van der Waals surface area contributed by atoms with Crippen molar-refractivity contribution in [2.45, 2.75) is 51.2 Å². The third-order valence-corrected chi connectivity index (χ3v) is 7.68. The quantitative estimate of drug-likeness (QED) is 0.306. The first kappa shape index (κ1) is 26.8. The number of nitrogens with zero attached hydrogens (tertiary/aromatic N) is 1. The minimum atomic E-state index is -3.91. The van der Waals surface area contributed by atoms with E-state index >= 15 is 0 Å². The van der Waals surface area contributed by atoms with E-state index in [4.69, 9.17) is 21.1 Å². The maximum atomic E-state index is 13.6. The third kappa shape index (κ3) is 7.28. The largest absolute Gasteiger partial charge is 0.458 e. The summed E-state index contributed by atoms with van der Waals surface area (Å²) in [6.07, 6.45) is 0. The molecule has 0 spiro atoms. The molecule has 6 nitrogen and oxygen atoms in total. The molecule has 1 atom stereocenters. The lowest BCUT2D eigenvalue weighted by atomic mass is 10.1. The van der Waals surface area contributed by atoms with E-state index in [-0.39, 0.29) is 24.7 Å². The topological polar surface area (TPSA) is 72.9 Å². The summed E-state index contributed by atoms with van der Waals surface area (Å²) >= 11 is 9.63. The molecule has 32 heavy (non-hydrogen) atoms. The number of esters is 1. The smallest absolute Gasteiger partial charge is 0.332 e. The fourth-order valence-corrected chi connectivity index (χ4v) is 5.63. The van der Waals surface area contributed by atoms with Gasteiger partial charge in [0.2, 0.25) is 10.0 Å². The Balaban J connectivity index is 2.27. The van der Waals surface area contributed by atoms with Gasteiger partial charge in [0.15, 0.2) is 0 Å². The molecule has 0 saturated heterocycles. The summed E-state index contributed by atoms with van der Waals surface area (Å²) in [5, 5.41) is 0.377. The Kier molecular flexibility index (Phi) is 9.31. The summed E-state index contributed by atoms with van der Waals surface area (Å²) in [7, 11) is -3.91. The highest BCUT2D eigenvalue weighted by Crippen LogP contribution is 2.32. The SMILES string of the molecule is Cc1c(Cl)cccc1S(=O)(=O)N(CCOCC(=O)OC(C)(C)C)[C@@H](C)c1cccc(Br)c1. The molecule has 2 aromatic carbocycles. The van der Waals surface area contributed by atoms with Crippen LogP contribution in [0.1, 0.15) is 44.9 Å². The number of ether oxygens (including phenoxy) is 2. The number of sulfonamides is 1. The van der Waals surface area contributed by atoms with Crippen LogP contribution >= 0.6 is 27.5 Å². The van der Waals surface area contributed by atoms with Crippen LogP contribution in [0.25, 0.3) is 0 Å². The Bertz CT molecular complexity index is 1050. The molecular weight excluding hydrogens is 518 g/mol. The Morgan fingerprint density at radius 2 is 1.84 bits per heavy atom. The lowest BCUT2D eigenvalue weighted by molar-refractivity contribution is -0.160. The molecule has 0 aromatic heterocycles. The van der Waals surface area contributed by atoms with Crippen LogP contribution in [0.4, 0.5) is 0 Å². The number of carbonyl (C=O) groups is 1. The molecular formula is C23H29BrClNO5S. The standard InChI is InChI=1S/C23H29BrClNO5S/c1-16-20(25)10-7-11-21(16)32(28,29)26(17(2)18-8-6-9-19(24)14-18)12-13-30-15-22(27)31-23(3,4)5/h6-11,14,17H,12-13,15H2,1-5H3/t17-/m0/s1. The van der Waals surface area contributed by atoms with Crippen LogP contribution in [0.5, 0.6) is 0 Å². The summed E-state index contributed by atoms with van der Waals surface area (Å²) in [5.74, 6) is -0.502. The number of halogens is 2. The van der Waals surface area contributed by atoms with Crippen LogP contribution in [0.2, 0.25) is 5.02 Å². The summed E-state index contributed by atoms with van der Waals surface area (Å²) < 4.78 is 40.1. The molecule has 176 valence electrons. The molecule has 9 heteroatoms. The second-order valence-electron chi connectivity index (χ2n) is 8.35. The summed E-state index contributed by atoms with van der Waals surface area (Å²) in [6.45, 7) is 8.61. The highest BCUT2D eigenvalue weighted by molar-refractivity contribution is 9.10. The van der Waals surface area contributed by atoms with Gasteiger partial charge in [-0.1, -0.05) is 45.7 Å². The number of hydrogen-bond acceptors (Lipinski definition) is 5. The average molecular weight is 547 g/mol. The molecule has 0 heterocycles. The zero-order chi connectivity index (χ0) is 24.1. The fraction of sp³-hybridized carbons (Fsp3) is 0.435. The number of carbonyl (C=O) groups excluding carboxylic acids is 1. The van der Waals surface area contributed by atoms with Crippen molar-refractivity contribution in [1.29, 1.82) is 0 Å². The van der Waals surface area contributed by atoms with Gasteiger partial charge in [-0.25, -0.2) is 13.2 Å². The normalized spacial score (nSPS) is 13.2. The van der Waals surface area contributed by atoms with Gasteiger partial charge >= 0.3 is 5.97 Å². The monoisotopic (exact) mass is 545 g/mol. The number of rotatable bonds is 9. The first-order chi connectivity index (χ1) is 14.8. The minimum absolute atomic E-state index is 0.0242. The van der Waals surface area contributed by atoms with Gasteiger partial charge in [-0.2, -0.15) is 4.31 Å². The van der Waals surface area contributed by atoms with E-state index in [1.165, 1.54) is 4.31 Å². The van der Waals surface area contributed by atoms with Crippen molar-refractivity contribution in [2.75, 3.05) is 19.8 Å². The highest BCUT2D eigenvalue weighted by atomic mass is 79.9. The lowest BCUT2D eigenvalue weighted by Gasteiger charge is -2.29. The van der Waals surface area contributed by atoms with Crippen LogP contribution in [0.15, 0.2) is 51.8 Å². The Hall–Kier alpha value is -1.45. The molecule has 0 aliphatic carbocycles. The zero-order valence-electron chi connectivity index (χ0n) is 18.9. The second-order valence-corrected chi connectivity index (χ2v) is 11.5. The van der Waals surface area contributed by atoms with Gasteiger partial charge in [-0.05, 0) is 70.0 Å². The summed E-state index contributed by atoms with van der Waals surface area (Å²) in [5.41, 5.74) is 0.680. The lowest BCUT2D eigenvalue weighted by Crippen LogP contribution is -2.37. The molecule has 0 radical (unpaired) electrons. The molecule has 2 aromatic rings. The summed E-state index contributed by atoms with van der Waals surface area (Å²) in [6, 6.07) is 11.8. The van der Waals surface area contributed by atoms with Gasteiger partial charge in [-0.3, -0.25) is 0 Å². The van der Waals surface area contributed by atoms with E-state index in [9.17, 15) is 13.2 Å². The van der Waals surface area contributed by atoms with Gasteiger partial charge in [-0.15, -0.1) is 0 Å². The van der Waals surface area contributed by atoms with Crippen LogP contribution in [-0.4, -0.2) is 44.1 Å². The second kappa shape index (κ2) is 11.1. The van der Waals surface area contributed by atoms with E-state index in [2.05, 4.69) is 15.9 Å². The molecule has 0 amide bonds. The van der Waals surface area contributed by atoms with Gasteiger partial charge in [0, 0.05) is 22.1 Å². The van der Waals surface area contributed by atoms with E-state index in [0.29, 0.717) is 10.6 Å². The molecule has 0 saturated carbocycles. The van der Waals surface area contributed by atoms with Gasteiger partial charge in [0.25, 0.3) is 0 Å². The summed E-state index contributed by atoms with van der Waals surface area (Å²) in [4.78, 5) is 12.0. The third-order valence-electron chi connectivity index (χ3n) is 4.66. The van der Waals surface area contributed by atoms with Crippen molar-refractivity contribution in [1.82, 2.24) is 4.31 Å². The van der Waals surface area contributed by atoms with Crippen molar-refractivity contribution in [3.63, 3.8) is 0 Å². The van der Waals surface area contributed by atoms with E-state index < -0.39 is 27.6 Å². The van der Waals surface area contributed by atoms with Crippen LogP contribution < -0.4 is 0 Å². The maximum Gasteiger partial charge on any atom is 0.332 e. The van der Waals surface area contributed by atoms with E-state index in [0.717, 1.165) is 10.0 Å². The van der Waals surface area contributed by atoms with E-state index in [1.807, 2.05) is 31.2 Å². The molecule has 0 aliphatic heterocycles. The Morgan fingerprint density at radius 3 is 2.47 bits per heavy atom. The Morgan fingerprint density at radius 1 is 1.19 bits per heavy atom. The van der Waals surface area contributed by atoms with Crippen molar-refractivity contribution in [3.05, 3.63) is 63.1 Å². The van der Waals surface area contributed by atoms with Gasteiger partial charge in [0.05, 0.1) is 11.5 Å². The molecule has 0 N–H and O–H groups in total. The predicted molar refractivity (Wildman–Crippen MR) is 129 cm³/mol. The molecule has 0 fully saturated rings. The fourth-order valence-electron chi connectivity index (χ4n) is 3.13. The molecule has 0 aliphatic rings. The van der Waals surface area contributed by atoms with Crippen molar-refractivity contribution < 1.29 is 22.7 Å². The van der Waals surface area contributed by atoms with Crippen LogP contribution in [-0.2, 0) is 24.3 Å². The van der Waals surface area contributed by atoms with Gasteiger partial charge in [0.1, 0.15) is 12.2 Å². The minimum Gasteiger partial charge on any atom is -0.458 e. The zero-order valence-corrected chi connectivity index (χ0v) is 22.1. The highest BCUT2D eigenvalue weighted by Gasteiger charge is 2.31. The molecule has 0 bridgehead atoms. The first-order valence-electron chi connectivity index (χ1n) is 10.1. The predicted octanol–water partition coefficient (Wildman–Crippen LogP) is 5.52. The Labute approximate surface area is 204 Å². The average Bonchev–Trinajstić information content (AvgIpc) is 2.68. The first-order valence-corrected chi connectivity index (χ1v) is 12.8. The molecule has 2 rings (SSSR count). The number of benzene rings is 2. The van der Waals surface area contributed by atoms with Crippen molar-refractivity contribution in [3.8, 4) is 0 Å². The van der Waals surface area contributed by atoms with E-state index in [1.54, 1.807) is 45.9 Å². The van der Waals surface area contributed by atoms with Crippen LogP contribution in [0, 0.1) is 6.92 Å². The maximum absolute atomic E-state index is 13.6. The van der Waals surface area contributed by atoms with Crippen molar-refractivity contribution >= 4 is 43.5 Å². The van der Waals surface area contributed by atoms with Crippen LogP contribution in [0.3, 0.4) is 0 Å².